The highest BCUT2D eigenvalue weighted by Crippen LogP contribution is 2.13. The van der Waals surface area contributed by atoms with Gasteiger partial charge in [-0.3, -0.25) is 4.79 Å². The van der Waals surface area contributed by atoms with Crippen LogP contribution in [-0.4, -0.2) is 39.4 Å². The van der Waals surface area contributed by atoms with Crippen LogP contribution in [0.25, 0.3) is 0 Å². The third-order valence-corrected chi connectivity index (χ3v) is 4.00. The highest BCUT2D eigenvalue weighted by atomic mass is 32.2. The number of carbonyl (C=O) groups excluding carboxylic acids is 1. The van der Waals surface area contributed by atoms with Gasteiger partial charge in [0.1, 0.15) is 0 Å². The molecule has 1 aromatic rings. The van der Waals surface area contributed by atoms with Crippen LogP contribution < -0.4 is 10.5 Å². The van der Waals surface area contributed by atoms with Crippen molar-refractivity contribution in [2.75, 3.05) is 14.1 Å². The summed E-state index contributed by atoms with van der Waals surface area (Å²) in [6.45, 7) is 2.04. The van der Waals surface area contributed by atoms with Crippen LogP contribution >= 0.6 is 0 Å². The van der Waals surface area contributed by atoms with Gasteiger partial charge in [-0.05, 0) is 38.7 Å². The van der Waals surface area contributed by atoms with Crippen molar-refractivity contribution in [3.8, 4) is 0 Å². The molecule has 0 spiro atoms. The molecule has 1 aromatic carbocycles. The van der Waals surface area contributed by atoms with Crippen molar-refractivity contribution >= 4 is 15.9 Å². The minimum absolute atomic E-state index is 0.125. The number of hydrogen-bond acceptors (Lipinski definition) is 4. The van der Waals surface area contributed by atoms with E-state index in [4.69, 9.17) is 5.73 Å². The third kappa shape index (κ3) is 4.62. The Bertz CT molecular complexity index is 555. The van der Waals surface area contributed by atoms with Crippen molar-refractivity contribution < 1.29 is 13.2 Å². The van der Waals surface area contributed by atoms with Crippen LogP contribution in [0.3, 0.4) is 0 Å². The standard InChI is InChI=1S/C12H19N3O3S/c1-9(12(13)16)14-19(17,18)11-6-4-5-10(7-11)8-15(2)3/h4-7,9,14H,8H2,1-3H3,(H2,13,16). The highest BCUT2D eigenvalue weighted by Gasteiger charge is 2.20. The predicted molar refractivity (Wildman–Crippen MR) is 72.8 cm³/mol. The van der Waals surface area contributed by atoms with Crippen LogP contribution in [0, 0.1) is 0 Å². The van der Waals surface area contributed by atoms with Crippen molar-refractivity contribution in [3.63, 3.8) is 0 Å². The van der Waals surface area contributed by atoms with Gasteiger partial charge in [-0.2, -0.15) is 4.72 Å². The quantitative estimate of drug-likeness (QED) is 0.763. The van der Waals surface area contributed by atoms with Gasteiger partial charge in [-0.15, -0.1) is 0 Å². The SMILES string of the molecule is CC(NS(=O)(=O)c1cccc(CN(C)C)c1)C(N)=O. The summed E-state index contributed by atoms with van der Waals surface area (Å²) in [5, 5.41) is 0. The van der Waals surface area contributed by atoms with Crippen LogP contribution in [0.2, 0.25) is 0 Å². The fraction of sp³-hybridized carbons (Fsp3) is 0.417. The van der Waals surface area contributed by atoms with Gasteiger partial charge in [0.05, 0.1) is 10.9 Å². The van der Waals surface area contributed by atoms with Crippen molar-refractivity contribution in [1.29, 1.82) is 0 Å². The Morgan fingerprint density at radius 1 is 1.42 bits per heavy atom. The van der Waals surface area contributed by atoms with Crippen LogP contribution in [-0.2, 0) is 21.4 Å². The Labute approximate surface area is 113 Å². The average Bonchev–Trinajstić information content (AvgIpc) is 2.27. The molecule has 0 bridgehead atoms. The maximum Gasteiger partial charge on any atom is 0.241 e. The van der Waals surface area contributed by atoms with Gasteiger partial charge in [-0.25, -0.2) is 8.42 Å². The second kappa shape index (κ2) is 6.14. The van der Waals surface area contributed by atoms with Gasteiger partial charge < -0.3 is 10.6 Å². The van der Waals surface area contributed by atoms with E-state index in [1.165, 1.54) is 13.0 Å². The molecule has 0 heterocycles. The van der Waals surface area contributed by atoms with Gasteiger partial charge in [0.2, 0.25) is 15.9 Å². The van der Waals surface area contributed by atoms with E-state index in [0.717, 1.165) is 5.56 Å². The van der Waals surface area contributed by atoms with Crippen molar-refractivity contribution in [2.45, 2.75) is 24.4 Å². The first kappa shape index (κ1) is 15.6. The molecule has 0 saturated heterocycles. The number of sulfonamides is 1. The first-order valence-corrected chi connectivity index (χ1v) is 7.26. The summed E-state index contributed by atoms with van der Waals surface area (Å²) in [6, 6.07) is 5.63. The lowest BCUT2D eigenvalue weighted by atomic mass is 10.2. The molecule has 0 aliphatic rings. The number of nitrogens with zero attached hydrogens (tertiary/aromatic N) is 1. The number of primary amides is 1. The molecule has 19 heavy (non-hydrogen) atoms. The molecular formula is C12H19N3O3S. The van der Waals surface area contributed by atoms with Crippen molar-refractivity contribution in [3.05, 3.63) is 29.8 Å². The maximum absolute atomic E-state index is 12.1. The smallest absolute Gasteiger partial charge is 0.241 e. The molecule has 0 aliphatic carbocycles. The molecule has 0 radical (unpaired) electrons. The topological polar surface area (TPSA) is 92.5 Å². The number of hydrogen-bond donors (Lipinski definition) is 2. The Balaban J connectivity index is 2.98. The van der Waals surface area contributed by atoms with Crippen molar-refractivity contribution in [1.82, 2.24) is 9.62 Å². The molecule has 1 unspecified atom stereocenters. The lowest BCUT2D eigenvalue weighted by Gasteiger charge is -2.13. The number of nitrogens with one attached hydrogen (secondary N) is 1. The molecule has 7 heteroatoms. The predicted octanol–water partition coefficient (Wildman–Crippen LogP) is -0.0997. The Hall–Kier alpha value is -1.44. The van der Waals surface area contributed by atoms with E-state index in [-0.39, 0.29) is 4.90 Å². The Kier molecular flexibility index (Phi) is 5.04. The Morgan fingerprint density at radius 2 is 2.05 bits per heavy atom. The molecule has 1 atom stereocenters. The number of nitrogens with two attached hydrogens (primary N) is 1. The molecule has 1 amide bonds. The Morgan fingerprint density at radius 3 is 2.58 bits per heavy atom. The van der Waals surface area contributed by atoms with Crippen LogP contribution in [0.4, 0.5) is 0 Å². The van der Waals surface area contributed by atoms with Gasteiger partial charge >= 0.3 is 0 Å². The van der Waals surface area contributed by atoms with E-state index in [1.54, 1.807) is 12.1 Å². The summed E-state index contributed by atoms with van der Waals surface area (Å²) in [6.07, 6.45) is 0. The van der Waals surface area contributed by atoms with E-state index >= 15 is 0 Å². The van der Waals surface area contributed by atoms with E-state index < -0.39 is 22.0 Å². The van der Waals surface area contributed by atoms with Gasteiger partial charge in [-0.1, -0.05) is 12.1 Å². The molecule has 6 nitrogen and oxygen atoms in total. The first-order valence-electron chi connectivity index (χ1n) is 5.77. The lowest BCUT2D eigenvalue weighted by Crippen LogP contribution is -2.42. The summed E-state index contributed by atoms with van der Waals surface area (Å²) in [5.41, 5.74) is 5.92. The summed E-state index contributed by atoms with van der Waals surface area (Å²) < 4.78 is 26.3. The highest BCUT2D eigenvalue weighted by molar-refractivity contribution is 7.89. The van der Waals surface area contributed by atoms with E-state index in [1.807, 2.05) is 25.1 Å². The first-order chi connectivity index (χ1) is 8.72. The fourth-order valence-electron chi connectivity index (χ4n) is 1.53. The summed E-state index contributed by atoms with van der Waals surface area (Å²) in [5.74, 6) is -0.715. The number of amides is 1. The molecule has 0 fully saturated rings. The van der Waals surface area contributed by atoms with E-state index in [9.17, 15) is 13.2 Å². The minimum Gasteiger partial charge on any atom is -0.368 e. The molecule has 106 valence electrons. The van der Waals surface area contributed by atoms with Gasteiger partial charge in [0.25, 0.3) is 0 Å². The zero-order chi connectivity index (χ0) is 14.6. The number of benzene rings is 1. The van der Waals surface area contributed by atoms with Gasteiger partial charge in [0.15, 0.2) is 0 Å². The summed E-state index contributed by atoms with van der Waals surface area (Å²) >= 11 is 0. The molecule has 0 saturated carbocycles. The van der Waals surface area contributed by atoms with Crippen LogP contribution in [0.15, 0.2) is 29.2 Å². The third-order valence-electron chi connectivity index (χ3n) is 2.47. The monoisotopic (exact) mass is 285 g/mol. The maximum atomic E-state index is 12.1. The van der Waals surface area contributed by atoms with Crippen LogP contribution in [0.1, 0.15) is 12.5 Å². The molecule has 1 rings (SSSR count). The van der Waals surface area contributed by atoms with E-state index in [0.29, 0.717) is 6.54 Å². The van der Waals surface area contributed by atoms with Crippen LogP contribution in [0.5, 0.6) is 0 Å². The minimum atomic E-state index is -3.73. The average molecular weight is 285 g/mol. The molecular weight excluding hydrogens is 266 g/mol. The fourth-order valence-corrected chi connectivity index (χ4v) is 2.82. The normalized spacial score (nSPS) is 13.5. The number of rotatable bonds is 6. The summed E-state index contributed by atoms with van der Waals surface area (Å²) in [7, 11) is 0.0626. The molecule has 0 aromatic heterocycles. The largest absolute Gasteiger partial charge is 0.368 e. The van der Waals surface area contributed by atoms with Gasteiger partial charge in [0, 0.05) is 6.54 Å². The number of carbonyl (C=O) groups is 1. The van der Waals surface area contributed by atoms with E-state index in [2.05, 4.69) is 4.72 Å². The molecule has 3 N–H and O–H groups in total. The zero-order valence-electron chi connectivity index (χ0n) is 11.3. The zero-order valence-corrected chi connectivity index (χ0v) is 12.1. The molecule has 0 aliphatic heterocycles. The second-order valence-electron chi connectivity index (χ2n) is 4.63. The second-order valence-corrected chi connectivity index (χ2v) is 6.34. The lowest BCUT2D eigenvalue weighted by molar-refractivity contribution is -0.119. The summed E-state index contributed by atoms with van der Waals surface area (Å²) in [4.78, 5) is 13.0. The van der Waals surface area contributed by atoms with Crippen molar-refractivity contribution in [2.24, 2.45) is 5.73 Å².